The van der Waals surface area contributed by atoms with Crippen molar-refractivity contribution in [3.63, 3.8) is 0 Å². The molecule has 2 rings (SSSR count). The Balaban J connectivity index is 1.75. The van der Waals surface area contributed by atoms with Gasteiger partial charge in [-0.1, -0.05) is 26.0 Å². The number of aliphatic hydroxyl groups is 1. The topological polar surface area (TPSA) is 58.6 Å². The molecular formula is C17H25NO3. The second-order valence-corrected chi connectivity index (χ2v) is 6.27. The summed E-state index contributed by atoms with van der Waals surface area (Å²) in [5.74, 6) is 1.07. The van der Waals surface area contributed by atoms with E-state index in [0.717, 1.165) is 25.0 Å². The molecule has 4 nitrogen and oxygen atoms in total. The summed E-state index contributed by atoms with van der Waals surface area (Å²) in [5.41, 5.74) is 1.34. The minimum atomic E-state index is -0.103. The molecule has 0 aliphatic heterocycles. The lowest BCUT2D eigenvalue weighted by molar-refractivity contribution is -0.123. The monoisotopic (exact) mass is 291 g/mol. The van der Waals surface area contributed by atoms with Gasteiger partial charge >= 0.3 is 0 Å². The van der Waals surface area contributed by atoms with Crippen LogP contribution in [0.4, 0.5) is 0 Å². The van der Waals surface area contributed by atoms with Gasteiger partial charge in [0.2, 0.25) is 0 Å². The van der Waals surface area contributed by atoms with Crippen LogP contribution in [-0.4, -0.2) is 30.8 Å². The largest absolute Gasteiger partial charge is 0.484 e. The molecule has 1 fully saturated rings. The zero-order valence-corrected chi connectivity index (χ0v) is 12.9. The highest BCUT2D eigenvalue weighted by Crippen LogP contribution is 2.47. The molecule has 2 N–H and O–H groups in total. The Kier molecular flexibility index (Phi) is 5.23. The third-order valence-corrected chi connectivity index (χ3v) is 4.15. The van der Waals surface area contributed by atoms with Crippen molar-refractivity contribution in [2.75, 3.05) is 19.8 Å². The third kappa shape index (κ3) is 4.74. The van der Waals surface area contributed by atoms with E-state index >= 15 is 0 Å². The van der Waals surface area contributed by atoms with E-state index < -0.39 is 0 Å². The predicted octanol–water partition coefficient (Wildman–Crippen LogP) is 2.47. The van der Waals surface area contributed by atoms with Gasteiger partial charge in [-0.25, -0.2) is 0 Å². The van der Waals surface area contributed by atoms with Crippen molar-refractivity contribution in [1.29, 1.82) is 0 Å². The molecule has 0 bridgehead atoms. The molecule has 1 aromatic carbocycles. The number of carbonyl (C=O) groups is 1. The lowest BCUT2D eigenvalue weighted by Crippen LogP contribution is -2.34. The van der Waals surface area contributed by atoms with Gasteiger partial charge in [0, 0.05) is 13.2 Å². The standard InChI is InChI=1S/C17H25NO3/c1-13(2)14-4-3-5-15(10-14)21-11-16(20)18-12-17(6-7-17)8-9-19/h3-5,10,13,19H,6-9,11-12H2,1-2H3,(H,18,20). The Morgan fingerprint density at radius 3 is 2.81 bits per heavy atom. The van der Waals surface area contributed by atoms with Crippen molar-refractivity contribution in [1.82, 2.24) is 5.32 Å². The molecule has 4 heteroatoms. The van der Waals surface area contributed by atoms with Crippen molar-refractivity contribution in [3.05, 3.63) is 29.8 Å². The summed E-state index contributed by atoms with van der Waals surface area (Å²) >= 11 is 0. The third-order valence-electron chi connectivity index (χ3n) is 4.15. The van der Waals surface area contributed by atoms with Crippen LogP contribution in [0, 0.1) is 5.41 Å². The number of carbonyl (C=O) groups excluding carboxylic acids is 1. The molecular weight excluding hydrogens is 266 g/mol. The van der Waals surface area contributed by atoms with E-state index in [4.69, 9.17) is 9.84 Å². The first-order valence-corrected chi connectivity index (χ1v) is 7.65. The van der Waals surface area contributed by atoms with Gasteiger partial charge in [-0.3, -0.25) is 4.79 Å². The maximum atomic E-state index is 11.8. The van der Waals surface area contributed by atoms with E-state index in [1.807, 2.05) is 18.2 Å². The maximum absolute atomic E-state index is 11.8. The average molecular weight is 291 g/mol. The van der Waals surface area contributed by atoms with E-state index in [0.29, 0.717) is 12.5 Å². The number of ether oxygens (including phenoxy) is 1. The lowest BCUT2D eigenvalue weighted by Gasteiger charge is -2.15. The van der Waals surface area contributed by atoms with E-state index in [1.54, 1.807) is 0 Å². The lowest BCUT2D eigenvalue weighted by atomic mass is 10.0. The van der Waals surface area contributed by atoms with Crippen molar-refractivity contribution >= 4 is 5.91 Å². The molecule has 0 radical (unpaired) electrons. The van der Waals surface area contributed by atoms with Crippen LogP contribution >= 0.6 is 0 Å². The maximum Gasteiger partial charge on any atom is 0.257 e. The number of benzene rings is 1. The fraction of sp³-hybridized carbons (Fsp3) is 0.588. The molecule has 0 aromatic heterocycles. The summed E-state index contributed by atoms with van der Waals surface area (Å²) in [6.07, 6.45) is 2.95. The van der Waals surface area contributed by atoms with Gasteiger partial charge in [-0.15, -0.1) is 0 Å². The second kappa shape index (κ2) is 6.94. The van der Waals surface area contributed by atoms with Gasteiger partial charge in [0.05, 0.1) is 0 Å². The van der Waals surface area contributed by atoms with Gasteiger partial charge in [0.1, 0.15) is 5.75 Å². The average Bonchev–Trinajstić information content (AvgIpc) is 3.24. The van der Waals surface area contributed by atoms with E-state index in [-0.39, 0.29) is 24.5 Å². The van der Waals surface area contributed by atoms with Crippen LogP contribution in [-0.2, 0) is 4.79 Å². The zero-order valence-electron chi connectivity index (χ0n) is 12.9. The van der Waals surface area contributed by atoms with Crippen LogP contribution in [0.5, 0.6) is 5.75 Å². The Morgan fingerprint density at radius 1 is 1.43 bits per heavy atom. The summed E-state index contributed by atoms with van der Waals surface area (Å²) in [4.78, 5) is 11.8. The quantitative estimate of drug-likeness (QED) is 0.773. The molecule has 116 valence electrons. The zero-order chi connectivity index (χ0) is 15.3. The molecule has 0 saturated heterocycles. The smallest absolute Gasteiger partial charge is 0.257 e. The van der Waals surface area contributed by atoms with E-state index in [1.165, 1.54) is 5.56 Å². The first-order chi connectivity index (χ1) is 10.0. The van der Waals surface area contributed by atoms with Gasteiger partial charge in [-0.05, 0) is 48.3 Å². The Labute approximate surface area is 126 Å². The first kappa shape index (κ1) is 15.8. The van der Waals surface area contributed by atoms with Gasteiger partial charge in [-0.2, -0.15) is 0 Å². The molecule has 1 amide bonds. The number of amides is 1. The second-order valence-electron chi connectivity index (χ2n) is 6.27. The summed E-state index contributed by atoms with van der Waals surface area (Å²) in [6.45, 7) is 5.12. The minimum Gasteiger partial charge on any atom is -0.484 e. The van der Waals surface area contributed by atoms with Gasteiger partial charge in [0.15, 0.2) is 6.61 Å². The minimum absolute atomic E-state index is 0.0384. The molecule has 1 aliphatic rings. The number of nitrogens with one attached hydrogen (secondary N) is 1. The van der Waals surface area contributed by atoms with Gasteiger partial charge < -0.3 is 15.2 Å². The fourth-order valence-corrected chi connectivity index (χ4v) is 2.38. The van der Waals surface area contributed by atoms with Crippen LogP contribution in [0.25, 0.3) is 0 Å². The highest BCUT2D eigenvalue weighted by molar-refractivity contribution is 5.77. The molecule has 0 atom stereocenters. The number of aliphatic hydroxyl groups excluding tert-OH is 1. The molecule has 0 spiro atoms. The number of rotatable bonds is 8. The summed E-state index contributed by atoms with van der Waals surface area (Å²) in [5, 5.41) is 11.9. The normalized spacial score (nSPS) is 15.8. The molecule has 0 unspecified atom stereocenters. The van der Waals surface area contributed by atoms with Crippen LogP contribution in [0.2, 0.25) is 0 Å². The Hall–Kier alpha value is -1.55. The molecule has 1 aliphatic carbocycles. The van der Waals surface area contributed by atoms with Crippen molar-refractivity contribution in [2.24, 2.45) is 5.41 Å². The Bertz CT molecular complexity index is 481. The van der Waals surface area contributed by atoms with Crippen molar-refractivity contribution in [3.8, 4) is 5.75 Å². The van der Waals surface area contributed by atoms with Crippen LogP contribution in [0.3, 0.4) is 0 Å². The van der Waals surface area contributed by atoms with Crippen molar-refractivity contribution in [2.45, 2.75) is 39.0 Å². The summed E-state index contributed by atoms with van der Waals surface area (Å²) in [7, 11) is 0. The number of hydrogen-bond acceptors (Lipinski definition) is 3. The van der Waals surface area contributed by atoms with Crippen LogP contribution < -0.4 is 10.1 Å². The first-order valence-electron chi connectivity index (χ1n) is 7.65. The SMILES string of the molecule is CC(C)c1cccc(OCC(=O)NCC2(CCO)CC2)c1. The number of hydrogen-bond donors (Lipinski definition) is 2. The van der Waals surface area contributed by atoms with Crippen molar-refractivity contribution < 1.29 is 14.6 Å². The summed E-state index contributed by atoms with van der Waals surface area (Å²) < 4.78 is 5.54. The molecule has 1 saturated carbocycles. The van der Waals surface area contributed by atoms with Crippen LogP contribution in [0.15, 0.2) is 24.3 Å². The van der Waals surface area contributed by atoms with E-state index in [2.05, 4.69) is 25.2 Å². The predicted molar refractivity (Wildman–Crippen MR) is 82.4 cm³/mol. The highest BCUT2D eigenvalue weighted by atomic mass is 16.5. The molecule has 1 aromatic rings. The highest BCUT2D eigenvalue weighted by Gasteiger charge is 2.41. The fourth-order valence-electron chi connectivity index (χ4n) is 2.38. The van der Waals surface area contributed by atoms with Gasteiger partial charge in [0.25, 0.3) is 5.91 Å². The molecule has 21 heavy (non-hydrogen) atoms. The summed E-state index contributed by atoms with van der Waals surface area (Å²) in [6, 6.07) is 7.85. The Morgan fingerprint density at radius 2 is 2.19 bits per heavy atom. The van der Waals surface area contributed by atoms with Crippen LogP contribution in [0.1, 0.15) is 44.6 Å². The molecule has 0 heterocycles. The van der Waals surface area contributed by atoms with E-state index in [9.17, 15) is 4.79 Å².